The van der Waals surface area contributed by atoms with Gasteiger partial charge in [-0.2, -0.15) is 0 Å². The maximum absolute atomic E-state index is 4.67. The summed E-state index contributed by atoms with van der Waals surface area (Å²) in [5.74, 6) is 0. The molecule has 5 aromatic heterocycles. The zero-order valence-corrected chi connectivity index (χ0v) is 35.2. The van der Waals surface area contributed by atoms with Crippen LogP contribution in [-0.4, -0.2) is 14.5 Å². The van der Waals surface area contributed by atoms with E-state index in [0.29, 0.717) is 0 Å². The highest BCUT2D eigenvalue weighted by molar-refractivity contribution is 7.31. The second-order valence-corrected chi connectivity index (χ2v) is 18.4. The summed E-state index contributed by atoms with van der Waals surface area (Å²) in [7, 11) is 0. The van der Waals surface area contributed by atoms with Gasteiger partial charge in [0.25, 0.3) is 0 Å². The highest BCUT2D eigenvalue weighted by Crippen LogP contribution is 2.52. The minimum Gasteiger partial charge on any atom is -0.309 e. The van der Waals surface area contributed by atoms with Crippen molar-refractivity contribution >= 4 is 70.3 Å². The summed E-state index contributed by atoms with van der Waals surface area (Å²) in [5, 5.41) is 3.71. The Labute approximate surface area is 362 Å². The fourth-order valence-electron chi connectivity index (χ4n) is 9.38. The van der Waals surface area contributed by atoms with Gasteiger partial charge in [0.1, 0.15) is 5.00 Å². The first-order chi connectivity index (χ1) is 30.0. The Morgan fingerprint density at radius 2 is 1.13 bits per heavy atom. The van der Waals surface area contributed by atoms with Gasteiger partial charge in [0.2, 0.25) is 0 Å². The van der Waals surface area contributed by atoms with Gasteiger partial charge in [-0.25, -0.2) is 0 Å². The number of anilines is 3. The van der Waals surface area contributed by atoms with Crippen LogP contribution in [0.5, 0.6) is 0 Å². The van der Waals surface area contributed by atoms with Crippen molar-refractivity contribution in [2.75, 3.05) is 4.90 Å². The Kier molecular flexibility index (Phi) is 8.21. The van der Waals surface area contributed by atoms with Crippen LogP contribution in [0.3, 0.4) is 0 Å². The molecule has 0 unspecified atom stereocenters. The molecule has 0 saturated carbocycles. The summed E-state index contributed by atoms with van der Waals surface area (Å²) in [6.07, 6.45) is 3.71. The van der Waals surface area contributed by atoms with Crippen LogP contribution in [0.2, 0.25) is 0 Å². The first-order valence-electron chi connectivity index (χ1n) is 20.6. The van der Waals surface area contributed by atoms with E-state index in [0.717, 1.165) is 38.9 Å². The fourth-order valence-corrected chi connectivity index (χ4v) is 11.8. The van der Waals surface area contributed by atoms with Crippen molar-refractivity contribution in [1.29, 1.82) is 0 Å². The number of benzene rings is 6. The van der Waals surface area contributed by atoms with Crippen LogP contribution in [0.1, 0.15) is 25.0 Å². The van der Waals surface area contributed by atoms with Gasteiger partial charge in [-0.15, -0.1) is 22.7 Å². The molecule has 290 valence electrons. The molecule has 0 atom stereocenters. The lowest BCUT2D eigenvalue weighted by Gasteiger charge is -2.24. The Hall–Kier alpha value is -7.12. The summed E-state index contributed by atoms with van der Waals surface area (Å²) in [5.41, 5.74) is 16.5. The predicted octanol–water partition coefficient (Wildman–Crippen LogP) is 15.6. The first kappa shape index (κ1) is 35.8. The van der Waals surface area contributed by atoms with Crippen molar-refractivity contribution in [2.45, 2.75) is 19.3 Å². The highest BCUT2D eigenvalue weighted by atomic mass is 32.1. The Morgan fingerprint density at radius 3 is 1.82 bits per heavy atom. The third kappa shape index (κ3) is 5.86. The average Bonchev–Trinajstić information content (AvgIpc) is 4.04. The fraction of sp³-hybridized carbons (Fsp3) is 0.0545. The molecular formula is C55H38N4S2. The van der Waals surface area contributed by atoms with Crippen LogP contribution in [0, 0.1) is 0 Å². The van der Waals surface area contributed by atoms with E-state index >= 15 is 0 Å². The van der Waals surface area contributed by atoms with E-state index in [4.69, 9.17) is 0 Å². The number of hydrogen-bond acceptors (Lipinski definition) is 5. The SMILES string of the molecule is CC1(C)c2ccccc2-c2cc3c4cc(-c5cc6sc(N(c7cccc(-c8ccccn8)c7)c7cccc(-c8ccccn8)c7)cc6s5)ccc4n(-c4ccccc4)c3cc21. The molecule has 0 fully saturated rings. The molecule has 0 aliphatic heterocycles. The van der Waals surface area contributed by atoms with E-state index in [2.05, 4.69) is 191 Å². The zero-order chi connectivity index (χ0) is 40.7. The van der Waals surface area contributed by atoms with Crippen molar-refractivity contribution in [3.63, 3.8) is 0 Å². The largest absolute Gasteiger partial charge is 0.309 e. The number of para-hydroxylation sites is 1. The lowest BCUT2D eigenvalue weighted by molar-refractivity contribution is 0.661. The Balaban J connectivity index is 0.986. The smallest absolute Gasteiger partial charge is 0.102 e. The molecule has 1 aliphatic carbocycles. The molecule has 6 heteroatoms. The number of pyridine rings is 2. The summed E-state index contributed by atoms with van der Waals surface area (Å²) in [6.45, 7) is 4.73. The first-order valence-corrected chi connectivity index (χ1v) is 22.3. The minimum absolute atomic E-state index is 0.0792. The van der Waals surface area contributed by atoms with E-state index in [9.17, 15) is 0 Å². The molecule has 4 nitrogen and oxygen atoms in total. The van der Waals surface area contributed by atoms with Crippen molar-refractivity contribution in [2.24, 2.45) is 0 Å². The second-order valence-electron chi connectivity index (χ2n) is 16.3. The van der Waals surface area contributed by atoms with Gasteiger partial charge in [-0.1, -0.05) is 98.8 Å². The molecule has 6 aromatic carbocycles. The third-order valence-corrected chi connectivity index (χ3v) is 14.6. The van der Waals surface area contributed by atoms with Crippen LogP contribution in [0.25, 0.3) is 81.0 Å². The number of rotatable bonds is 7. The lowest BCUT2D eigenvalue weighted by Crippen LogP contribution is -2.14. The molecule has 1 aliphatic rings. The highest BCUT2D eigenvalue weighted by Gasteiger charge is 2.36. The van der Waals surface area contributed by atoms with E-state index < -0.39 is 0 Å². The number of thiophene rings is 2. The molecule has 0 amide bonds. The Bertz CT molecular complexity index is 3340. The van der Waals surface area contributed by atoms with Crippen LogP contribution < -0.4 is 4.90 Å². The number of aromatic nitrogens is 3. The minimum atomic E-state index is -0.0792. The van der Waals surface area contributed by atoms with Gasteiger partial charge in [0.15, 0.2) is 0 Å². The molecule has 12 rings (SSSR count). The number of nitrogens with zero attached hydrogens (tertiary/aromatic N) is 4. The van der Waals surface area contributed by atoms with E-state index in [1.807, 2.05) is 59.3 Å². The number of fused-ring (bicyclic) bond motifs is 7. The standard InChI is InChI=1S/C55H38N4S2/c1-55(2)45-21-7-6-20-41(45)42-31-44-43-30-37(24-25-49(43)59(50(44)32-46(42)55)38-16-4-3-5-17-38)51-33-52-53(60-51)34-54(61-52)58(39-18-12-14-35(28-39)47-22-8-10-26-56-47)40-19-13-15-36(29-40)48-23-9-11-27-57-48/h3-34H,1-2H3. The second kappa shape index (κ2) is 14.0. The molecular weight excluding hydrogens is 781 g/mol. The molecule has 0 N–H and O–H groups in total. The van der Waals surface area contributed by atoms with Crippen molar-refractivity contribution in [3.05, 3.63) is 206 Å². The molecule has 0 spiro atoms. The maximum Gasteiger partial charge on any atom is 0.102 e. The van der Waals surface area contributed by atoms with Gasteiger partial charge in [0.05, 0.1) is 22.4 Å². The Morgan fingerprint density at radius 1 is 0.475 bits per heavy atom. The zero-order valence-electron chi connectivity index (χ0n) is 33.6. The van der Waals surface area contributed by atoms with E-state index in [-0.39, 0.29) is 5.41 Å². The maximum atomic E-state index is 4.67. The van der Waals surface area contributed by atoms with Gasteiger partial charge >= 0.3 is 0 Å². The summed E-state index contributed by atoms with van der Waals surface area (Å²) in [4.78, 5) is 13.0. The summed E-state index contributed by atoms with van der Waals surface area (Å²) >= 11 is 3.69. The van der Waals surface area contributed by atoms with Crippen LogP contribution in [0.15, 0.2) is 194 Å². The topological polar surface area (TPSA) is 34.0 Å². The molecule has 0 bridgehead atoms. The van der Waals surface area contributed by atoms with E-state index in [1.54, 1.807) is 0 Å². The third-order valence-electron chi connectivity index (χ3n) is 12.3. The van der Waals surface area contributed by atoms with Crippen molar-refractivity contribution in [1.82, 2.24) is 14.5 Å². The van der Waals surface area contributed by atoms with Gasteiger partial charge < -0.3 is 9.47 Å². The van der Waals surface area contributed by atoms with Crippen molar-refractivity contribution < 1.29 is 0 Å². The van der Waals surface area contributed by atoms with Gasteiger partial charge in [0, 0.05) is 71.0 Å². The monoisotopic (exact) mass is 818 g/mol. The normalized spacial score (nSPS) is 12.9. The summed E-state index contributed by atoms with van der Waals surface area (Å²) in [6, 6.07) is 66.0. The number of hydrogen-bond donors (Lipinski definition) is 0. The lowest BCUT2D eigenvalue weighted by atomic mass is 9.82. The van der Waals surface area contributed by atoms with Crippen molar-refractivity contribution in [3.8, 4) is 49.8 Å². The van der Waals surface area contributed by atoms with E-state index in [1.165, 1.54) is 69.6 Å². The quantitative estimate of drug-likeness (QED) is 0.161. The predicted molar refractivity (Wildman–Crippen MR) is 258 cm³/mol. The van der Waals surface area contributed by atoms with Gasteiger partial charge in [-0.05, 0) is 125 Å². The molecule has 0 radical (unpaired) electrons. The molecule has 61 heavy (non-hydrogen) atoms. The van der Waals surface area contributed by atoms with Crippen LogP contribution >= 0.6 is 22.7 Å². The molecule has 0 saturated heterocycles. The van der Waals surface area contributed by atoms with Gasteiger partial charge in [-0.3, -0.25) is 9.97 Å². The average molecular weight is 819 g/mol. The molecule has 5 heterocycles. The van der Waals surface area contributed by atoms with Crippen LogP contribution in [-0.2, 0) is 5.41 Å². The van der Waals surface area contributed by atoms with Crippen LogP contribution in [0.4, 0.5) is 16.4 Å². The molecule has 11 aromatic rings. The summed E-state index contributed by atoms with van der Waals surface area (Å²) < 4.78 is 4.99.